The SMILES string of the molecule is CCCCc1nc(Cl)c(CN2CCC3(CNC(=O)CO3)C2)[nH]1. The molecule has 22 heavy (non-hydrogen) atoms. The first-order valence-corrected chi connectivity index (χ1v) is 8.34. The predicted molar refractivity (Wildman–Crippen MR) is 83.8 cm³/mol. The van der Waals surface area contributed by atoms with E-state index < -0.39 is 0 Å². The van der Waals surface area contributed by atoms with E-state index in [0.29, 0.717) is 11.7 Å². The molecule has 1 atom stereocenters. The summed E-state index contributed by atoms with van der Waals surface area (Å²) in [5.41, 5.74) is 0.746. The summed E-state index contributed by atoms with van der Waals surface area (Å²) in [7, 11) is 0. The zero-order chi connectivity index (χ0) is 15.6. The third-order valence-corrected chi connectivity index (χ3v) is 4.75. The van der Waals surface area contributed by atoms with E-state index in [1.54, 1.807) is 0 Å². The van der Waals surface area contributed by atoms with Gasteiger partial charge in [0.15, 0.2) is 5.15 Å². The number of unbranched alkanes of at least 4 members (excludes halogenated alkanes) is 1. The third kappa shape index (κ3) is 3.45. The Balaban J connectivity index is 1.58. The van der Waals surface area contributed by atoms with E-state index in [1.165, 1.54) is 0 Å². The number of morpholine rings is 1. The number of ether oxygens (including phenoxy) is 1. The number of rotatable bonds is 5. The van der Waals surface area contributed by atoms with Crippen molar-refractivity contribution in [3.63, 3.8) is 0 Å². The van der Waals surface area contributed by atoms with Gasteiger partial charge >= 0.3 is 0 Å². The van der Waals surface area contributed by atoms with E-state index >= 15 is 0 Å². The maximum Gasteiger partial charge on any atom is 0.246 e. The number of aromatic amines is 1. The molecule has 0 radical (unpaired) electrons. The average Bonchev–Trinajstić information content (AvgIpc) is 3.06. The Bertz CT molecular complexity index is 536. The number of likely N-dealkylation sites (tertiary alicyclic amines) is 1. The zero-order valence-corrected chi connectivity index (χ0v) is 13.7. The van der Waals surface area contributed by atoms with Crippen molar-refractivity contribution in [2.75, 3.05) is 26.2 Å². The minimum Gasteiger partial charge on any atom is -0.362 e. The number of imidazole rings is 1. The van der Waals surface area contributed by atoms with Gasteiger partial charge in [0, 0.05) is 32.6 Å². The fourth-order valence-electron chi connectivity index (χ4n) is 3.14. The molecule has 0 aliphatic carbocycles. The lowest BCUT2D eigenvalue weighted by molar-refractivity contribution is -0.142. The average molecular weight is 327 g/mol. The molecular weight excluding hydrogens is 304 g/mol. The maximum atomic E-state index is 11.2. The highest BCUT2D eigenvalue weighted by Gasteiger charge is 2.42. The molecule has 3 rings (SSSR count). The molecule has 1 amide bonds. The lowest BCUT2D eigenvalue weighted by Crippen LogP contribution is -2.53. The lowest BCUT2D eigenvalue weighted by atomic mass is 10.0. The van der Waals surface area contributed by atoms with Gasteiger partial charge in [-0.2, -0.15) is 0 Å². The molecule has 1 aromatic rings. The van der Waals surface area contributed by atoms with Crippen molar-refractivity contribution in [1.82, 2.24) is 20.2 Å². The summed E-state index contributed by atoms with van der Waals surface area (Å²) in [6, 6.07) is 0. The van der Waals surface area contributed by atoms with Gasteiger partial charge in [-0.1, -0.05) is 24.9 Å². The van der Waals surface area contributed by atoms with E-state index in [0.717, 1.165) is 56.8 Å². The molecule has 1 spiro atoms. The lowest BCUT2D eigenvalue weighted by Gasteiger charge is -2.33. The number of aryl methyl sites for hydroxylation is 1. The molecule has 7 heteroatoms. The van der Waals surface area contributed by atoms with Crippen LogP contribution in [0.15, 0.2) is 0 Å². The Morgan fingerprint density at radius 2 is 2.36 bits per heavy atom. The largest absolute Gasteiger partial charge is 0.362 e. The molecule has 0 aromatic carbocycles. The molecule has 0 bridgehead atoms. The molecule has 6 nitrogen and oxygen atoms in total. The van der Waals surface area contributed by atoms with Crippen molar-refractivity contribution < 1.29 is 9.53 Å². The summed E-state index contributed by atoms with van der Waals surface area (Å²) in [5.74, 6) is 0.943. The van der Waals surface area contributed by atoms with E-state index in [1.807, 2.05) is 0 Å². The number of aromatic nitrogens is 2. The number of carbonyl (C=O) groups is 1. The minimum atomic E-state index is -0.231. The fourth-order valence-corrected chi connectivity index (χ4v) is 3.34. The molecule has 2 fully saturated rings. The second-order valence-electron chi connectivity index (χ2n) is 6.27. The van der Waals surface area contributed by atoms with Crippen LogP contribution in [0.2, 0.25) is 5.15 Å². The van der Waals surface area contributed by atoms with Gasteiger partial charge < -0.3 is 15.0 Å². The monoisotopic (exact) mass is 326 g/mol. The van der Waals surface area contributed by atoms with Crippen LogP contribution < -0.4 is 5.32 Å². The number of amides is 1. The molecule has 1 aromatic heterocycles. The summed E-state index contributed by atoms with van der Waals surface area (Å²) in [5, 5.41) is 3.48. The summed E-state index contributed by atoms with van der Waals surface area (Å²) in [6.07, 6.45) is 4.13. The quantitative estimate of drug-likeness (QED) is 0.860. The standard InChI is InChI=1S/C15H23ClN4O2/c1-2-3-4-12-18-11(14(16)19-12)7-20-6-5-15(10-20)9-17-13(21)8-22-15/h2-10H2,1H3,(H,17,21)(H,18,19). The highest BCUT2D eigenvalue weighted by atomic mass is 35.5. The summed E-state index contributed by atoms with van der Waals surface area (Å²) in [4.78, 5) is 21.3. The Morgan fingerprint density at radius 3 is 3.09 bits per heavy atom. The van der Waals surface area contributed by atoms with Gasteiger partial charge in [0.1, 0.15) is 12.4 Å². The number of nitrogens with zero attached hydrogens (tertiary/aromatic N) is 2. The number of nitrogens with one attached hydrogen (secondary N) is 2. The first-order chi connectivity index (χ1) is 10.6. The first kappa shape index (κ1) is 15.8. The molecule has 3 heterocycles. The van der Waals surface area contributed by atoms with Crippen LogP contribution in [0, 0.1) is 0 Å². The van der Waals surface area contributed by atoms with Gasteiger partial charge in [0.05, 0.1) is 11.3 Å². The molecule has 0 saturated carbocycles. The van der Waals surface area contributed by atoms with Gasteiger partial charge in [-0.25, -0.2) is 4.98 Å². The molecule has 2 N–H and O–H groups in total. The van der Waals surface area contributed by atoms with Crippen LogP contribution in [-0.2, 0) is 22.5 Å². The summed E-state index contributed by atoms with van der Waals surface area (Å²) >= 11 is 6.24. The van der Waals surface area contributed by atoms with E-state index in [9.17, 15) is 4.79 Å². The van der Waals surface area contributed by atoms with Gasteiger partial charge in [-0.05, 0) is 12.8 Å². The van der Waals surface area contributed by atoms with Gasteiger partial charge in [0.2, 0.25) is 5.91 Å². The second-order valence-corrected chi connectivity index (χ2v) is 6.62. The van der Waals surface area contributed by atoms with Crippen LogP contribution in [0.5, 0.6) is 0 Å². The molecule has 2 saturated heterocycles. The van der Waals surface area contributed by atoms with Crippen molar-refractivity contribution >= 4 is 17.5 Å². The van der Waals surface area contributed by atoms with Crippen LogP contribution in [0.3, 0.4) is 0 Å². The van der Waals surface area contributed by atoms with Crippen LogP contribution in [-0.4, -0.2) is 52.6 Å². The summed E-state index contributed by atoms with van der Waals surface area (Å²) < 4.78 is 5.78. The van der Waals surface area contributed by atoms with Crippen molar-refractivity contribution in [3.05, 3.63) is 16.7 Å². The Morgan fingerprint density at radius 1 is 1.50 bits per heavy atom. The maximum absolute atomic E-state index is 11.2. The first-order valence-electron chi connectivity index (χ1n) is 7.96. The van der Waals surface area contributed by atoms with E-state index in [4.69, 9.17) is 16.3 Å². The number of halogens is 1. The van der Waals surface area contributed by atoms with Crippen LogP contribution in [0.4, 0.5) is 0 Å². The highest BCUT2D eigenvalue weighted by molar-refractivity contribution is 6.30. The van der Waals surface area contributed by atoms with E-state index in [-0.39, 0.29) is 18.1 Å². The van der Waals surface area contributed by atoms with Crippen molar-refractivity contribution in [3.8, 4) is 0 Å². The van der Waals surface area contributed by atoms with Crippen molar-refractivity contribution in [2.45, 2.75) is 44.8 Å². The zero-order valence-electron chi connectivity index (χ0n) is 13.0. The van der Waals surface area contributed by atoms with Crippen LogP contribution in [0.25, 0.3) is 0 Å². The Kier molecular flexibility index (Phi) is 4.70. The minimum absolute atomic E-state index is 0.0266. The molecule has 122 valence electrons. The highest BCUT2D eigenvalue weighted by Crippen LogP contribution is 2.28. The van der Waals surface area contributed by atoms with Gasteiger partial charge in [-0.3, -0.25) is 9.69 Å². The number of hydrogen-bond acceptors (Lipinski definition) is 4. The smallest absolute Gasteiger partial charge is 0.246 e. The van der Waals surface area contributed by atoms with Crippen molar-refractivity contribution in [2.24, 2.45) is 0 Å². The second kappa shape index (κ2) is 6.56. The summed E-state index contributed by atoms with van der Waals surface area (Å²) in [6.45, 7) is 5.43. The third-order valence-electron chi connectivity index (χ3n) is 4.44. The van der Waals surface area contributed by atoms with Crippen LogP contribution in [0.1, 0.15) is 37.7 Å². The normalized spacial score (nSPS) is 25.8. The number of hydrogen-bond donors (Lipinski definition) is 2. The van der Waals surface area contributed by atoms with Gasteiger partial charge in [0.25, 0.3) is 0 Å². The molecule has 2 aliphatic heterocycles. The van der Waals surface area contributed by atoms with E-state index in [2.05, 4.69) is 27.1 Å². The molecule has 2 aliphatic rings. The number of H-pyrrole nitrogens is 1. The fraction of sp³-hybridized carbons (Fsp3) is 0.733. The molecular formula is C15H23ClN4O2. The topological polar surface area (TPSA) is 70.2 Å². The number of carbonyl (C=O) groups excluding carboxylic acids is 1. The predicted octanol–water partition coefficient (Wildman–Crippen LogP) is 1.50. The molecule has 1 unspecified atom stereocenters. The van der Waals surface area contributed by atoms with Gasteiger partial charge in [-0.15, -0.1) is 0 Å². The van der Waals surface area contributed by atoms with Crippen LogP contribution >= 0.6 is 11.6 Å². The Labute approximate surface area is 135 Å². The Hall–Kier alpha value is -1.11. The van der Waals surface area contributed by atoms with Crippen molar-refractivity contribution in [1.29, 1.82) is 0 Å².